The number of imide groups is 1. The second-order valence-corrected chi connectivity index (χ2v) is 12.4. The molecule has 230 valence electrons. The molecule has 0 aromatic heterocycles. The first-order valence-electron chi connectivity index (χ1n) is 17.0. The summed E-state index contributed by atoms with van der Waals surface area (Å²) in [5.41, 5.74) is 5.70. The van der Waals surface area contributed by atoms with Gasteiger partial charge in [0.05, 0.1) is 0 Å². The molecule has 40 heavy (non-hydrogen) atoms. The fourth-order valence-electron chi connectivity index (χ4n) is 6.37. The topological polar surface area (TPSA) is 83.7 Å². The fourth-order valence-corrected chi connectivity index (χ4v) is 6.37. The molecule has 1 saturated carbocycles. The van der Waals surface area contributed by atoms with Gasteiger partial charge in [-0.15, -0.1) is 0 Å². The summed E-state index contributed by atoms with van der Waals surface area (Å²) in [5, 5.41) is 0. The molecule has 0 bridgehead atoms. The molecule has 0 spiro atoms. The van der Waals surface area contributed by atoms with Gasteiger partial charge in [-0.2, -0.15) is 0 Å². The van der Waals surface area contributed by atoms with Crippen LogP contribution in [0.25, 0.3) is 0 Å². The molecule has 1 aliphatic heterocycles. The monoisotopic (exact) mass is 559 g/mol. The molecule has 2 rings (SSSR count). The Hall–Kier alpha value is -1.69. The highest BCUT2D eigenvalue weighted by Crippen LogP contribution is 2.28. The van der Waals surface area contributed by atoms with Gasteiger partial charge < -0.3 is 10.6 Å². The summed E-state index contributed by atoms with van der Waals surface area (Å²) in [6, 6.07) is -0.0670. The Morgan fingerprint density at radius 2 is 1.48 bits per heavy atom. The van der Waals surface area contributed by atoms with E-state index in [-0.39, 0.29) is 30.4 Å². The van der Waals surface area contributed by atoms with Crippen molar-refractivity contribution in [2.24, 2.45) is 11.7 Å². The standard InChI is InChI=1S/C34H61N3O3/c1-2-3-4-5-6-7-8-9-10-11-12-13-14-15-19-25-32(38)27-30(22-20-21-26-35)28-36-29-33(39)37(34(36)40)31-23-17-16-18-24-31/h9-10,30-31H,2-8,11-29,35H2,1H3/b10-9+. The van der Waals surface area contributed by atoms with E-state index in [1.165, 1.54) is 81.9 Å². The molecule has 6 nitrogen and oxygen atoms in total. The lowest BCUT2D eigenvalue weighted by atomic mass is 9.93. The van der Waals surface area contributed by atoms with Crippen LogP contribution < -0.4 is 5.73 Å². The Kier molecular flexibility index (Phi) is 19.0. The van der Waals surface area contributed by atoms with E-state index in [0.29, 0.717) is 31.7 Å². The van der Waals surface area contributed by atoms with Crippen LogP contribution in [-0.2, 0) is 9.59 Å². The van der Waals surface area contributed by atoms with Crippen molar-refractivity contribution in [3.63, 3.8) is 0 Å². The summed E-state index contributed by atoms with van der Waals surface area (Å²) in [6.07, 6.45) is 30.2. The Balaban J connectivity index is 1.60. The molecule has 1 saturated heterocycles. The van der Waals surface area contributed by atoms with Crippen LogP contribution in [0.1, 0.15) is 155 Å². The van der Waals surface area contributed by atoms with Crippen molar-refractivity contribution >= 4 is 17.7 Å². The summed E-state index contributed by atoms with van der Waals surface area (Å²) in [5.74, 6) is 0.361. The van der Waals surface area contributed by atoms with Gasteiger partial charge in [0.1, 0.15) is 12.3 Å². The first-order valence-corrected chi connectivity index (χ1v) is 17.0. The van der Waals surface area contributed by atoms with Gasteiger partial charge in [-0.25, -0.2) is 4.79 Å². The number of allylic oxidation sites excluding steroid dienone is 2. The van der Waals surface area contributed by atoms with Gasteiger partial charge in [0.25, 0.3) is 5.91 Å². The van der Waals surface area contributed by atoms with E-state index in [0.717, 1.165) is 57.8 Å². The molecule has 1 unspecified atom stereocenters. The average Bonchev–Trinajstić information content (AvgIpc) is 3.23. The van der Waals surface area contributed by atoms with Crippen LogP contribution in [0.4, 0.5) is 4.79 Å². The highest BCUT2D eigenvalue weighted by molar-refractivity contribution is 6.02. The lowest BCUT2D eigenvalue weighted by Gasteiger charge is -2.30. The molecule has 0 aromatic carbocycles. The number of urea groups is 1. The van der Waals surface area contributed by atoms with Crippen LogP contribution in [0.2, 0.25) is 0 Å². The van der Waals surface area contributed by atoms with E-state index < -0.39 is 0 Å². The number of rotatable bonds is 24. The second-order valence-electron chi connectivity index (χ2n) is 12.4. The van der Waals surface area contributed by atoms with Crippen LogP contribution in [-0.4, -0.2) is 53.2 Å². The van der Waals surface area contributed by atoms with Gasteiger partial charge in [-0.05, 0) is 70.3 Å². The van der Waals surface area contributed by atoms with Gasteiger partial charge in [0, 0.05) is 25.4 Å². The van der Waals surface area contributed by atoms with Gasteiger partial charge >= 0.3 is 6.03 Å². The van der Waals surface area contributed by atoms with Crippen LogP contribution >= 0.6 is 0 Å². The molecular weight excluding hydrogens is 498 g/mol. The zero-order valence-corrected chi connectivity index (χ0v) is 25.9. The highest BCUT2D eigenvalue weighted by atomic mass is 16.2. The van der Waals surface area contributed by atoms with Gasteiger partial charge in [-0.3, -0.25) is 14.5 Å². The van der Waals surface area contributed by atoms with E-state index in [4.69, 9.17) is 5.73 Å². The number of amides is 3. The Morgan fingerprint density at radius 1 is 0.850 bits per heavy atom. The summed E-state index contributed by atoms with van der Waals surface area (Å²) in [4.78, 5) is 41.9. The number of nitrogens with zero attached hydrogens (tertiary/aromatic N) is 2. The third-order valence-corrected chi connectivity index (χ3v) is 8.79. The van der Waals surface area contributed by atoms with Crippen molar-refractivity contribution in [3.05, 3.63) is 12.2 Å². The van der Waals surface area contributed by atoms with Crippen molar-refractivity contribution in [1.29, 1.82) is 0 Å². The van der Waals surface area contributed by atoms with Gasteiger partial charge in [0.15, 0.2) is 0 Å². The van der Waals surface area contributed by atoms with Crippen molar-refractivity contribution in [3.8, 4) is 0 Å². The average molecular weight is 560 g/mol. The number of unbranched alkanes of at least 4 members (excludes halogenated alkanes) is 12. The maximum absolute atomic E-state index is 13.1. The van der Waals surface area contributed by atoms with Crippen molar-refractivity contribution < 1.29 is 14.4 Å². The van der Waals surface area contributed by atoms with Gasteiger partial charge in [0.2, 0.25) is 0 Å². The predicted molar refractivity (Wildman–Crippen MR) is 166 cm³/mol. The molecule has 0 radical (unpaired) electrons. The SMILES string of the molecule is CCCCCCCC/C=C/CCCCCCCC(=O)CC(CCCCN)CN1CC(=O)N(C2CCCCC2)C1=O. The number of nitrogens with two attached hydrogens (primary N) is 1. The zero-order chi connectivity index (χ0) is 28.8. The number of Topliss-reactive ketones (excluding diaryl/α,β-unsaturated/α-hetero) is 1. The summed E-state index contributed by atoms with van der Waals surface area (Å²) < 4.78 is 0. The molecule has 6 heteroatoms. The van der Waals surface area contributed by atoms with Crippen LogP contribution in [0.15, 0.2) is 12.2 Å². The number of hydrogen-bond donors (Lipinski definition) is 1. The highest BCUT2D eigenvalue weighted by Gasteiger charge is 2.41. The van der Waals surface area contributed by atoms with Crippen molar-refractivity contribution in [2.45, 2.75) is 161 Å². The number of carbonyl (C=O) groups excluding carboxylic acids is 3. The molecule has 2 aliphatic rings. The maximum Gasteiger partial charge on any atom is 0.327 e. The van der Waals surface area contributed by atoms with Crippen LogP contribution in [0, 0.1) is 5.92 Å². The minimum absolute atomic E-state index is 0.0581. The van der Waals surface area contributed by atoms with Crippen LogP contribution in [0.3, 0.4) is 0 Å². The molecule has 2 fully saturated rings. The summed E-state index contributed by atoms with van der Waals surface area (Å²) >= 11 is 0. The largest absolute Gasteiger partial charge is 0.330 e. The normalized spacial score (nSPS) is 17.4. The van der Waals surface area contributed by atoms with E-state index in [2.05, 4.69) is 19.1 Å². The number of ketones is 1. The second kappa shape index (κ2) is 22.0. The minimum atomic E-state index is -0.134. The molecule has 0 aromatic rings. The third-order valence-electron chi connectivity index (χ3n) is 8.79. The van der Waals surface area contributed by atoms with Crippen molar-refractivity contribution in [2.75, 3.05) is 19.6 Å². The first kappa shape index (κ1) is 34.5. The van der Waals surface area contributed by atoms with E-state index in [1.807, 2.05) is 0 Å². The van der Waals surface area contributed by atoms with E-state index >= 15 is 0 Å². The molecule has 1 atom stereocenters. The lowest BCUT2D eigenvalue weighted by molar-refractivity contribution is -0.127. The summed E-state index contributed by atoms with van der Waals surface area (Å²) in [7, 11) is 0. The number of carbonyl (C=O) groups is 3. The maximum atomic E-state index is 13.1. The van der Waals surface area contributed by atoms with Crippen LogP contribution in [0.5, 0.6) is 0 Å². The smallest absolute Gasteiger partial charge is 0.327 e. The third kappa shape index (κ3) is 14.3. The summed E-state index contributed by atoms with van der Waals surface area (Å²) in [6.45, 7) is 3.59. The Bertz CT molecular complexity index is 732. The minimum Gasteiger partial charge on any atom is -0.330 e. The molecule has 1 aliphatic carbocycles. The number of hydrogen-bond acceptors (Lipinski definition) is 4. The molecule has 3 amide bonds. The quantitative estimate of drug-likeness (QED) is 0.0732. The molecule has 2 N–H and O–H groups in total. The van der Waals surface area contributed by atoms with E-state index in [9.17, 15) is 14.4 Å². The molecule has 1 heterocycles. The van der Waals surface area contributed by atoms with E-state index in [1.54, 1.807) is 4.90 Å². The van der Waals surface area contributed by atoms with Crippen molar-refractivity contribution in [1.82, 2.24) is 9.80 Å². The fraction of sp³-hybridized carbons (Fsp3) is 0.853. The lowest BCUT2D eigenvalue weighted by Crippen LogP contribution is -2.43. The Morgan fingerprint density at radius 3 is 2.12 bits per heavy atom. The predicted octanol–water partition coefficient (Wildman–Crippen LogP) is 8.33. The van der Waals surface area contributed by atoms with Gasteiger partial charge in [-0.1, -0.05) is 96.1 Å². The zero-order valence-electron chi connectivity index (χ0n) is 25.9. The molecular formula is C34H61N3O3. The Labute approximate surface area is 245 Å². The first-order chi connectivity index (χ1) is 19.6.